The number of aromatic nitrogens is 2. The van der Waals surface area contributed by atoms with Crippen LogP contribution in [0.5, 0.6) is 0 Å². The molecule has 29 heavy (non-hydrogen) atoms. The molecule has 1 saturated heterocycles. The Morgan fingerprint density at radius 3 is 2.97 bits per heavy atom. The third-order valence-electron chi connectivity index (χ3n) is 4.24. The number of amides is 2. The highest BCUT2D eigenvalue weighted by Gasteiger charge is 2.32. The molecule has 1 aliphatic rings. The summed E-state index contributed by atoms with van der Waals surface area (Å²) in [5.74, 6) is -0.768. The molecule has 1 aromatic carbocycles. The highest BCUT2D eigenvalue weighted by molar-refractivity contribution is 5.90. The lowest BCUT2D eigenvalue weighted by atomic mass is 10.2. The van der Waals surface area contributed by atoms with Crippen LogP contribution in [0.15, 0.2) is 48.7 Å². The predicted octanol–water partition coefficient (Wildman–Crippen LogP) is 2.13. The zero-order valence-corrected chi connectivity index (χ0v) is 15.8. The minimum Gasteiger partial charge on any atom is -0.442 e. The number of benzene rings is 1. The number of halogens is 1. The van der Waals surface area contributed by atoms with E-state index in [-0.39, 0.29) is 24.7 Å². The van der Waals surface area contributed by atoms with Crippen LogP contribution in [0.4, 0.5) is 20.6 Å². The number of carbonyl (C=O) groups excluding carboxylic acids is 2. The summed E-state index contributed by atoms with van der Waals surface area (Å²) in [6.45, 7) is 2.22. The first-order valence-electron chi connectivity index (χ1n) is 8.90. The molecule has 0 radical (unpaired) electrons. The number of cyclic esters (lactones) is 1. The van der Waals surface area contributed by atoms with Crippen LogP contribution in [0.2, 0.25) is 0 Å². The second kappa shape index (κ2) is 9.00. The summed E-state index contributed by atoms with van der Waals surface area (Å²) in [6, 6.07) is 4.34. The maximum Gasteiger partial charge on any atom is 0.414 e. The minimum atomic E-state index is -0.591. The fourth-order valence-electron chi connectivity index (χ4n) is 2.78. The molecule has 10 heteroatoms. The van der Waals surface area contributed by atoms with Gasteiger partial charge in [-0.25, -0.2) is 14.2 Å². The van der Waals surface area contributed by atoms with Gasteiger partial charge in [0.25, 0.3) is 0 Å². The molecule has 0 saturated carbocycles. The average molecular weight is 400 g/mol. The molecular formula is C19H21FN6O3. The van der Waals surface area contributed by atoms with Crippen molar-refractivity contribution < 1.29 is 18.7 Å². The third-order valence-corrected chi connectivity index (χ3v) is 4.24. The van der Waals surface area contributed by atoms with E-state index in [4.69, 9.17) is 10.1 Å². The molecule has 3 N–H and O–H groups in total. The fourth-order valence-corrected chi connectivity index (χ4v) is 2.78. The SMILES string of the molecule is CC(=O)NC[C@H]1CN(c2ccc(N/C=C(\C=N)Cn3ccnc3)c(F)c2)C(=O)O1. The maximum absolute atomic E-state index is 14.5. The van der Waals surface area contributed by atoms with Crippen LogP contribution in [0.3, 0.4) is 0 Å². The lowest BCUT2D eigenvalue weighted by molar-refractivity contribution is -0.119. The molecule has 0 unspecified atom stereocenters. The summed E-state index contributed by atoms with van der Waals surface area (Å²) in [6.07, 6.45) is 6.66. The van der Waals surface area contributed by atoms with Crippen molar-refractivity contribution in [2.75, 3.05) is 23.3 Å². The lowest BCUT2D eigenvalue weighted by Crippen LogP contribution is -2.33. The highest BCUT2D eigenvalue weighted by Crippen LogP contribution is 2.26. The van der Waals surface area contributed by atoms with Crippen molar-refractivity contribution in [1.82, 2.24) is 14.9 Å². The van der Waals surface area contributed by atoms with Gasteiger partial charge in [-0.3, -0.25) is 9.69 Å². The molecule has 0 bridgehead atoms. The van der Waals surface area contributed by atoms with E-state index < -0.39 is 18.0 Å². The molecule has 2 heterocycles. The van der Waals surface area contributed by atoms with Crippen LogP contribution < -0.4 is 15.5 Å². The Morgan fingerprint density at radius 2 is 2.31 bits per heavy atom. The van der Waals surface area contributed by atoms with E-state index in [9.17, 15) is 14.0 Å². The summed E-state index contributed by atoms with van der Waals surface area (Å²) in [7, 11) is 0. The molecule has 9 nitrogen and oxygen atoms in total. The zero-order chi connectivity index (χ0) is 20.8. The van der Waals surface area contributed by atoms with E-state index in [1.54, 1.807) is 35.6 Å². The third kappa shape index (κ3) is 5.18. The van der Waals surface area contributed by atoms with E-state index in [2.05, 4.69) is 15.6 Å². The number of rotatable bonds is 8. The predicted molar refractivity (Wildman–Crippen MR) is 105 cm³/mol. The van der Waals surface area contributed by atoms with Gasteiger partial charge in [-0.1, -0.05) is 0 Å². The van der Waals surface area contributed by atoms with Crippen molar-refractivity contribution in [2.45, 2.75) is 19.6 Å². The maximum atomic E-state index is 14.5. The smallest absolute Gasteiger partial charge is 0.414 e. The molecule has 3 rings (SSSR count). The molecular weight excluding hydrogens is 379 g/mol. The van der Waals surface area contributed by atoms with Crippen LogP contribution in [0.25, 0.3) is 0 Å². The van der Waals surface area contributed by atoms with Gasteiger partial charge < -0.3 is 25.3 Å². The Hall–Kier alpha value is -3.69. The van der Waals surface area contributed by atoms with Gasteiger partial charge in [-0.05, 0) is 18.2 Å². The van der Waals surface area contributed by atoms with Crippen LogP contribution in [-0.4, -0.2) is 47.0 Å². The van der Waals surface area contributed by atoms with Crippen LogP contribution in [0.1, 0.15) is 6.92 Å². The molecule has 2 amide bonds. The van der Waals surface area contributed by atoms with Crippen molar-refractivity contribution in [3.63, 3.8) is 0 Å². The van der Waals surface area contributed by atoms with Gasteiger partial charge in [0.05, 0.1) is 37.3 Å². The van der Waals surface area contributed by atoms with Gasteiger partial charge in [0.15, 0.2) is 0 Å². The summed E-state index contributed by atoms with van der Waals surface area (Å²) in [5, 5.41) is 12.9. The number of anilines is 2. The molecule has 1 atom stereocenters. The first kappa shape index (κ1) is 20.1. The van der Waals surface area contributed by atoms with E-state index in [0.29, 0.717) is 17.8 Å². The number of carbonyl (C=O) groups is 2. The largest absolute Gasteiger partial charge is 0.442 e. The second-order valence-corrected chi connectivity index (χ2v) is 6.46. The summed E-state index contributed by atoms with van der Waals surface area (Å²) in [4.78, 5) is 28.3. The van der Waals surface area contributed by atoms with Crippen LogP contribution in [-0.2, 0) is 16.1 Å². The highest BCUT2D eigenvalue weighted by atomic mass is 19.1. The standard InChI is InChI=1S/C19H21FN6O3/c1-13(27)23-9-16-11-26(19(28)29-16)15-2-3-18(17(20)6-15)24-8-14(7-21)10-25-5-4-22-12-25/h2-8,12,16,21,24H,9-11H2,1H3,(H,23,27)/b14-8+,21-7?/t16-/m0/s1. The fraction of sp³-hybridized carbons (Fsp3) is 0.263. The molecule has 1 aromatic heterocycles. The molecule has 2 aromatic rings. The number of nitrogens with zero attached hydrogens (tertiary/aromatic N) is 3. The minimum absolute atomic E-state index is 0.202. The first-order chi connectivity index (χ1) is 14.0. The topological polar surface area (TPSA) is 112 Å². The van der Waals surface area contributed by atoms with Gasteiger partial charge in [0.1, 0.15) is 11.9 Å². The number of imidazole rings is 1. The molecule has 0 aliphatic carbocycles. The van der Waals surface area contributed by atoms with Gasteiger partial charge in [-0.15, -0.1) is 0 Å². The number of ether oxygens (including phenoxy) is 1. The number of hydrogen-bond donors (Lipinski definition) is 3. The van der Waals surface area contributed by atoms with E-state index in [1.165, 1.54) is 30.2 Å². The Morgan fingerprint density at radius 1 is 1.48 bits per heavy atom. The van der Waals surface area contributed by atoms with E-state index in [1.807, 2.05) is 0 Å². The Labute approximate surface area is 166 Å². The quantitative estimate of drug-likeness (QED) is 0.588. The van der Waals surface area contributed by atoms with Crippen molar-refractivity contribution in [2.24, 2.45) is 0 Å². The Balaban J connectivity index is 1.65. The monoisotopic (exact) mass is 400 g/mol. The van der Waals surface area contributed by atoms with E-state index in [0.717, 1.165) is 0 Å². The van der Waals surface area contributed by atoms with Crippen molar-refractivity contribution >= 4 is 29.6 Å². The van der Waals surface area contributed by atoms with Crippen LogP contribution in [0, 0.1) is 11.2 Å². The van der Waals surface area contributed by atoms with Crippen LogP contribution >= 0.6 is 0 Å². The Kier molecular flexibility index (Phi) is 6.22. The second-order valence-electron chi connectivity index (χ2n) is 6.46. The summed E-state index contributed by atoms with van der Waals surface area (Å²) >= 11 is 0. The molecule has 152 valence electrons. The van der Waals surface area contributed by atoms with E-state index >= 15 is 0 Å². The molecule has 1 aliphatic heterocycles. The first-order valence-corrected chi connectivity index (χ1v) is 8.90. The van der Waals surface area contributed by atoms with Gasteiger partial charge in [0.2, 0.25) is 5.91 Å². The van der Waals surface area contributed by atoms with Crippen molar-refractivity contribution in [3.05, 3.63) is 54.5 Å². The summed E-state index contributed by atoms with van der Waals surface area (Å²) in [5.41, 5.74) is 1.19. The number of allylic oxidation sites excluding steroid dienone is 1. The molecule has 0 spiro atoms. The average Bonchev–Trinajstić information content (AvgIpc) is 3.33. The number of hydrogen-bond acceptors (Lipinski definition) is 6. The normalized spacial score (nSPS) is 16.5. The van der Waals surface area contributed by atoms with Gasteiger partial charge >= 0.3 is 6.09 Å². The van der Waals surface area contributed by atoms with Gasteiger partial charge in [-0.2, -0.15) is 0 Å². The number of nitrogens with one attached hydrogen (secondary N) is 3. The van der Waals surface area contributed by atoms with Crippen molar-refractivity contribution in [3.8, 4) is 0 Å². The van der Waals surface area contributed by atoms with Gasteiger partial charge in [0, 0.05) is 37.3 Å². The molecule has 1 fully saturated rings. The Bertz CT molecular complexity index is 928. The summed E-state index contributed by atoms with van der Waals surface area (Å²) < 4.78 is 21.5. The lowest BCUT2D eigenvalue weighted by Gasteiger charge is -2.14. The zero-order valence-electron chi connectivity index (χ0n) is 15.8. The van der Waals surface area contributed by atoms with Crippen molar-refractivity contribution in [1.29, 1.82) is 5.41 Å².